The van der Waals surface area contributed by atoms with Crippen molar-refractivity contribution in [2.75, 3.05) is 19.0 Å². The van der Waals surface area contributed by atoms with Crippen LogP contribution in [0.4, 0.5) is 5.69 Å². The lowest BCUT2D eigenvalue weighted by molar-refractivity contribution is -0.116. The SMILES string of the molecule is COC(=O)c1ccc(NC(=O)CCCCCCN)cc1Cl. The molecule has 1 aromatic rings. The summed E-state index contributed by atoms with van der Waals surface area (Å²) in [5.74, 6) is -0.567. The second-order valence-electron chi connectivity index (χ2n) is 4.69. The molecular weight excluding hydrogens is 292 g/mol. The summed E-state index contributed by atoms with van der Waals surface area (Å²) in [6, 6.07) is 4.70. The first-order chi connectivity index (χ1) is 10.1. The molecule has 1 aromatic carbocycles. The minimum Gasteiger partial charge on any atom is -0.465 e. The monoisotopic (exact) mass is 312 g/mol. The van der Waals surface area contributed by atoms with E-state index in [9.17, 15) is 9.59 Å². The molecule has 3 N–H and O–H groups in total. The van der Waals surface area contributed by atoms with E-state index >= 15 is 0 Å². The van der Waals surface area contributed by atoms with Crippen LogP contribution < -0.4 is 11.1 Å². The van der Waals surface area contributed by atoms with Crippen LogP contribution in [0.3, 0.4) is 0 Å². The Hall–Kier alpha value is -1.59. The van der Waals surface area contributed by atoms with Crippen molar-refractivity contribution in [3.8, 4) is 0 Å². The van der Waals surface area contributed by atoms with Crippen LogP contribution in [0.2, 0.25) is 5.02 Å². The van der Waals surface area contributed by atoms with E-state index in [4.69, 9.17) is 17.3 Å². The molecule has 0 fully saturated rings. The summed E-state index contributed by atoms with van der Waals surface area (Å²) in [6.07, 6.45) is 4.32. The number of unbranched alkanes of at least 4 members (excludes halogenated alkanes) is 3. The lowest BCUT2D eigenvalue weighted by Crippen LogP contribution is -2.11. The van der Waals surface area contributed by atoms with Gasteiger partial charge in [0.1, 0.15) is 0 Å². The first-order valence-electron chi connectivity index (χ1n) is 6.96. The van der Waals surface area contributed by atoms with Crippen molar-refractivity contribution in [1.82, 2.24) is 0 Å². The molecular formula is C15H21ClN2O3. The minimum absolute atomic E-state index is 0.0652. The Morgan fingerprint density at radius 1 is 1.24 bits per heavy atom. The van der Waals surface area contributed by atoms with Crippen LogP contribution in [0.25, 0.3) is 0 Å². The Morgan fingerprint density at radius 2 is 1.95 bits per heavy atom. The number of halogens is 1. The molecule has 5 nitrogen and oxygen atoms in total. The summed E-state index contributed by atoms with van der Waals surface area (Å²) in [4.78, 5) is 23.2. The maximum Gasteiger partial charge on any atom is 0.339 e. The smallest absolute Gasteiger partial charge is 0.339 e. The molecule has 21 heavy (non-hydrogen) atoms. The van der Waals surface area contributed by atoms with Crippen LogP contribution in [-0.4, -0.2) is 25.5 Å². The van der Waals surface area contributed by atoms with Crippen molar-refractivity contribution in [3.05, 3.63) is 28.8 Å². The average molecular weight is 313 g/mol. The number of carbonyl (C=O) groups is 2. The predicted molar refractivity (Wildman–Crippen MR) is 83.6 cm³/mol. The normalized spacial score (nSPS) is 10.2. The number of rotatable bonds is 8. The Bertz CT molecular complexity index is 492. The molecule has 1 rings (SSSR count). The van der Waals surface area contributed by atoms with E-state index in [1.165, 1.54) is 13.2 Å². The van der Waals surface area contributed by atoms with Gasteiger partial charge in [0.15, 0.2) is 0 Å². The second-order valence-corrected chi connectivity index (χ2v) is 5.09. The van der Waals surface area contributed by atoms with Crippen LogP contribution in [0.1, 0.15) is 42.5 Å². The van der Waals surface area contributed by atoms with Crippen molar-refractivity contribution >= 4 is 29.2 Å². The third-order valence-electron chi connectivity index (χ3n) is 3.02. The fourth-order valence-corrected chi connectivity index (χ4v) is 2.13. The van der Waals surface area contributed by atoms with Crippen molar-refractivity contribution in [3.63, 3.8) is 0 Å². The Labute approximate surface area is 129 Å². The fourth-order valence-electron chi connectivity index (χ4n) is 1.88. The molecule has 1 amide bonds. The maximum atomic E-state index is 11.8. The standard InChI is InChI=1S/C15H21ClN2O3/c1-21-15(20)12-8-7-11(10-13(12)16)18-14(19)6-4-2-3-5-9-17/h7-8,10H,2-6,9,17H2,1H3,(H,18,19). The van der Waals surface area contributed by atoms with Gasteiger partial charge in [0, 0.05) is 12.1 Å². The Morgan fingerprint density at radius 3 is 2.57 bits per heavy atom. The summed E-state index contributed by atoms with van der Waals surface area (Å²) in [7, 11) is 1.29. The van der Waals surface area contributed by atoms with Gasteiger partial charge in [0.25, 0.3) is 0 Å². The zero-order chi connectivity index (χ0) is 15.7. The molecule has 0 aliphatic carbocycles. The number of hydrogen-bond donors (Lipinski definition) is 2. The number of amides is 1. The van der Waals surface area contributed by atoms with Gasteiger partial charge in [-0.15, -0.1) is 0 Å². The lowest BCUT2D eigenvalue weighted by atomic mass is 10.1. The minimum atomic E-state index is -0.502. The number of methoxy groups -OCH3 is 1. The van der Waals surface area contributed by atoms with Crippen LogP contribution in [0.15, 0.2) is 18.2 Å². The summed E-state index contributed by atoms with van der Waals surface area (Å²) >= 11 is 5.98. The van der Waals surface area contributed by atoms with E-state index in [1.54, 1.807) is 12.1 Å². The van der Waals surface area contributed by atoms with Gasteiger partial charge in [0.2, 0.25) is 5.91 Å². The molecule has 0 heterocycles. The third-order valence-corrected chi connectivity index (χ3v) is 3.33. The van der Waals surface area contributed by atoms with E-state index < -0.39 is 5.97 Å². The second kappa shape index (κ2) is 9.37. The van der Waals surface area contributed by atoms with Crippen LogP contribution in [-0.2, 0) is 9.53 Å². The van der Waals surface area contributed by atoms with Gasteiger partial charge in [-0.3, -0.25) is 4.79 Å². The van der Waals surface area contributed by atoms with Gasteiger partial charge in [-0.25, -0.2) is 4.79 Å². The molecule has 0 aromatic heterocycles. The number of esters is 1. The van der Waals surface area contributed by atoms with Crippen LogP contribution >= 0.6 is 11.6 Å². The van der Waals surface area contributed by atoms with E-state index in [1.807, 2.05) is 0 Å². The lowest BCUT2D eigenvalue weighted by Gasteiger charge is -2.08. The van der Waals surface area contributed by atoms with Gasteiger partial charge >= 0.3 is 5.97 Å². The molecule has 0 bridgehead atoms. The highest BCUT2D eigenvalue weighted by Gasteiger charge is 2.11. The zero-order valence-electron chi connectivity index (χ0n) is 12.2. The fraction of sp³-hybridized carbons (Fsp3) is 0.467. The van der Waals surface area contributed by atoms with Gasteiger partial charge in [0.05, 0.1) is 17.7 Å². The van der Waals surface area contributed by atoms with Gasteiger partial charge < -0.3 is 15.8 Å². The molecule has 0 radical (unpaired) electrons. The first kappa shape index (κ1) is 17.5. The van der Waals surface area contributed by atoms with Crippen LogP contribution in [0.5, 0.6) is 0 Å². The molecule has 0 aliphatic heterocycles. The van der Waals surface area contributed by atoms with Crippen LogP contribution in [0, 0.1) is 0 Å². The summed E-state index contributed by atoms with van der Waals surface area (Å²) in [6.45, 7) is 0.692. The zero-order valence-corrected chi connectivity index (χ0v) is 12.9. The number of nitrogens with two attached hydrogens (primary N) is 1. The maximum absolute atomic E-state index is 11.8. The molecule has 0 atom stereocenters. The van der Waals surface area contributed by atoms with Crippen molar-refractivity contribution in [1.29, 1.82) is 0 Å². The predicted octanol–water partition coefficient (Wildman–Crippen LogP) is 2.97. The number of benzene rings is 1. The molecule has 0 spiro atoms. The summed E-state index contributed by atoms with van der Waals surface area (Å²) in [5.41, 5.74) is 6.25. The first-order valence-corrected chi connectivity index (χ1v) is 7.34. The quantitative estimate of drug-likeness (QED) is 0.571. The largest absolute Gasteiger partial charge is 0.465 e. The van der Waals surface area contributed by atoms with E-state index in [-0.39, 0.29) is 16.5 Å². The summed E-state index contributed by atoms with van der Waals surface area (Å²) in [5, 5.41) is 3.01. The third kappa shape index (κ3) is 6.14. The van der Waals surface area contributed by atoms with E-state index in [0.717, 1.165) is 25.7 Å². The number of nitrogens with one attached hydrogen (secondary N) is 1. The molecule has 0 saturated carbocycles. The average Bonchev–Trinajstić information content (AvgIpc) is 2.46. The number of hydrogen-bond acceptors (Lipinski definition) is 4. The topological polar surface area (TPSA) is 81.4 Å². The van der Waals surface area contributed by atoms with Gasteiger partial charge in [-0.1, -0.05) is 24.4 Å². The highest BCUT2D eigenvalue weighted by Crippen LogP contribution is 2.22. The van der Waals surface area contributed by atoms with Crippen molar-refractivity contribution in [2.45, 2.75) is 32.1 Å². The summed E-state index contributed by atoms with van der Waals surface area (Å²) < 4.78 is 4.60. The Balaban J connectivity index is 2.46. The molecule has 116 valence electrons. The molecule has 0 unspecified atom stereocenters. The van der Waals surface area contributed by atoms with Gasteiger partial charge in [-0.05, 0) is 37.6 Å². The van der Waals surface area contributed by atoms with Crippen molar-refractivity contribution in [2.24, 2.45) is 5.73 Å². The van der Waals surface area contributed by atoms with E-state index in [2.05, 4.69) is 10.1 Å². The number of ether oxygens (including phenoxy) is 1. The van der Waals surface area contributed by atoms with Crippen molar-refractivity contribution < 1.29 is 14.3 Å². The number of carbonyl (C=O) groups excluding carboxylic acids is 2. The molecule has 6 heteroatoms. The highest BCUT2D eigenvalue weighted by atomic mass is 35.5. The number of anilines is 1. The Kier molecular flexibility index (Phi) is 7.79. The van der Waals surface area contributed by atoms with Gasteiger partial charge in [-0.2, -0.15) is 0 Å². The molecule has 0 saturated heterocycles. The highest BCUT2D eigenvalue weighted by molar-refractivity contribution is 6.33. The van der Waals surface area contributed by atoms with E-state index in [0.29, 0.717) is 18.7 Å². The molecule has 0 aliphatic rings.